The Morgan fingerprint density at radius 3 is 3.00 bits per heavy atom. The molecular weight excluding hydrogens is 152 g/mol. The smallest absolute Gasteiger partial charge is 0.251 e. The van der Waals surface area contributed by atoms with Crippen LogP contribution in [0.2, 0.25) is 0 Å². The van der Waals surface area contributed by atoms with Crippen molar-refractivity contribution >= 4 is 11.6 Å². The fraction of sp³-hybridized carbons (Fsp3) is 0.222. The van der Waals surface area contributed by atoms with Crippen molar-refractivity contribution in [3.63, 3.8) is 0 Å². The van der Waals surface area contributed by atoms with Crippen molar-refractivity contribution < 1.29 is 4.79 Å². The van der Waals surface area contributed by atoms with E-state index < -0.39 is 0 Å². The van der Waals surface area contributed by atoms with Crippen molar-refractivity contribution in [2.45, 2.75) is 13.5 Å². The van der Waals surface area contributed by atoms with Gasteiger partial charge in [0.1, 0.15) is 0 Å². The fourth-order valence-electron chi connectivity index (χ4n) is 1.41. The zero-order valence-corrected chi connectivity index (χ0v) is 6.85. The minimum absolute atomic E-state index is 0.0169. The summed E-state index contributed by atoms with van der Waals surface area (Å²) in [6.07, 6.45) is 0. The SMILES string of the molecule is Cc1cc2c(cc1N)C(=O)NC2. The number of carbonyl (C=O) groups excluding carboxylic acids is 1. The summed E-state index contributed by atoms with van der Waals surface area (Å²) in [7, 11) is 0. The van der Waals surface area contributed by atoms with E-state index >= 15 is 0 Å². The van der Waals surface area contributed by atoms with Crippen molar-refractivity contribution in [1.82, 2.24) is 5.32 Å². The zero-order valence-electron chi connectivity index (χ0n) is 6.85. The summed E-state index contributed by atoms with van der Waals surface area (Å²) in [5, 5.41) is 2.74. The van der Waals surface area contributed by atoms with E-state index in [1.165, 1.54) is 0 Å². The van der Waals surface area contributed by atoms with E-state index in [0.29, 0.717) is 12.2 Å². The number of nitrogens with two attached hydrogens (primary N) is 1. The molecule has 2 rings (SSSR count). The molecule has 1 aromatic carbocycles. The van der Waals surface area contributed by atoms with Crippen LogP contribution in [0.1, 0.15) is 21.5 Å². The summed E-state index contributed by atoms with van der Waals surface area (Å²) < 4.78 is 0. The molecule has 3 nitrogen and oxygen atoms in total. The molecule has 1 amide bonds. The first kappa shape index (κ1) is 7.16. The molecule has 3 N–H and O–H groups in total. The summed E-state index contributed by atoms with van der Waals surface area (Å²) in [4.78, 5) is 11.2. The second kappa shape index (κ2) is 2.24. The number of hydrogen-bond donors (Lipinski definition) is 2. The molecule has 1 aliphatic heterocycles. The Hall–Kier alpha value is -1.51. The van der Waals surface area contributed by atoms with Crippen molar-refractivity contribution in [3.05, 3.63) is 28.8 Å². The van der Waals surface area contributed by atoms with Crippen LogP contribution in [0.15, 0.2) is 12.1 Å². The van der Waals surface area contributed by atoms with Crippen LogP contribution in [0.25, 0.3) is 0 Å². The van der Waals surface area contributed by atoms with Crippen molar-refractivity contribution in [1.29, 1.82) is 0 Å². The number of carbonyl (C=O) groups is 1. The predicted octanol–water partition coefficient (Wildman–Crippen LogP) is 0.821. The molecule has 12 heavy (non-hydrogen) atoms. The largest absolute Gasteiger partial charge is 0.398 e. The second-order valence-electron chi connectivity index (χ2n) is 3.05. The number of benzene rings is 1. The predicted molar refractivity (Wildman–Crippen MR) is 46.8 cm³/mol. The normalized spacial score (nSPS) is 14.2. The first-order chi connectivity index (χ1) is 5.68. The number of hydrogen-bond acceptors (Lipinski definition) is 2. The summed E-state index contributed by atoms with van der Waals surface area (Å²) >= 11 is 0. The first-order valence-electron chi connectivity index (χ1n) is 3.85. The molecular formula is C9H10N2O. The van der Waals surface area contributed by atoms with E-state index in [-0.39, 0.29) is 5.91 Å². The molecule has 62 valence electrons. The summed E-state index contributed by atoms with van der Waals surface area (Å²) in [5.41, 5.74) is 9.16. The number of nitrogens with one attached hydrogen (secondary N) is 1. The van der Waals surface area contributed by atoms with Gasteiger partial charge in [-0.15, -0.1) is 0 Å². The third kappa shape index (κ3) is 0.863. The Morgan fingerprint density at radius 1 is 1.50 bits per heavy atom. The number of fused-ring (bicyclic) bond motifs is 1. The molecule has 0 bridgehead atoms. The highest BCUT2D eigenvalue weighted by Gasteiger charge is 2.19. The molecule has 0 spiro atoms. The number of aryl methyl sites for hydroxylation is 1. The zero-order chi connectivity index (χ0) is 8.72. The quantitative estimate of drug-likeness (QED) is 0.555. The van der Waals surface area contributed by atoms with E-state index in [2.05, 4.69) is 5.32 Å². The molecule has 0 unspecified atom stereocenters. The van der Waals surface area contributed by atoms with Crippen LogP contribution in [-0.4, -0.2) is 5.91 Å². The van der Waals surface area contributed by atoms with E-state index in [1.807, 2.05) is 13.0 Å². The van der Waals surface area contributed by atoms with Gasteiger partial charge < -0.3 is 11.1 Å². The van der Waals surface area contributed by atoms with Crippen LogP contribution < -0.4 is 11.1 Å². The molecule has 0 saturated heterocycles. The van der Waals surface area contributed by atoms with E-state index in [1.54, 1.807) is 6.07 Å². The van der Waals surface area contributed by atoms with Gasteiger partial charge >= 0.3 is 0 Å². The Morgan fingerprint density at radius 2 is 2.25 bits per heavy atom. The van der Waals surface area contributed by atoms with Crippen LogP contribution in [0, 0.1) is 6.92 Å². The first-order valence-corrected chi connectivity index (χ1v) is 3.85. The molecule has 3 heteroatoms. The third-order valence-corrected chi connectivity index (χ3v) is 2.18. The lowest BCUT2D eigenvalue weighted by Crippen LogP contribution is -2.12. The lowest BCUT2D eigenvalue weighted by Gasteiger charge is -2.01. The van der Waals surface area contributed by atoms with Gasteiger partial charge in [-0.2, -0.15) is 0 Å². The van der Waals surface area contributed by atoms with Crippen LogP contribution in [0.5, 0.6) is 0 Å². The van der Waals surface area contributed by atoms with Gasteiger partial charge in [0.25, 0.3) is 5.91 Å². The standard InChI is InChI=1S/C9H10N2O/c1-5-2-6-4-11-9(12)7(6)3-8(5)10/h2-3H,4,10H2,1H3,(H,11,12). The number of nitrogen functional groups attached to an aromatic ring is 1. The van der Waals surface area contributed by atoms with Crippen molar-refractivity contribution in [2.75, 3.05) is 5.73 Å². The second-order valence-corrected chi connectivity index (χ2v) is 3.05. The molecule has 0 aromatic heterocycles. The van der Waals surface area contributed by atoms with Crippen LogP contribution in [0.3, 0.4) is 0 Å². The summed E-state index contributed by atoms with van der Waals surface area (Å²) in [6.45, 7) is 2.58. The Bertz CT molecular complexity index is 358. The molecule has 1 aromatic rings. The molecule has 0 fully saturated rings. The molecule has 0 radical (unpaired) electrons. The topological polar surface area (TPSA) is 55.1 Å². The van der Waals surface area contributed by atoms with Crippen LogP contribution >= 0.6 is 0 Å². The van der Waals surface area contributed by atoms with Crippen molar-refractivity contribution in [2.24, 2.45) is 0 Å². The van der Waals surface area contributed by atoms with E-state index in [4.69, 9.17) is 5.73 Å². The van der Waals surface area contributed by atoms with E-state index in [9.17, 15) is 4.79 Å². The number of amides is 1. The molecule has 1 aliphatic rings. The molecule has 0 aliphatic carbocycles. The maximum atomic E-state index is 11.2. The molecule has 0 atom stereocenters. The van der Waals surface area contributed by atoms with Gasteiger partial charge in [-0.3, -0.25) is 4.79 Å². The summed E-state index contributed by atoms with van der Waals surface area (Å²) in [6, 6.07) is 3.70. The van der Waals surface area contributed by atoms with Gasteiger partial charge in [-0.05, 0) is 24.1 Å². The van der Waals surface area contributed by atoms with Gasteiger partial charge in [-0.1, -0.05) is 6.07 Å². The Labute approximate surface area is 70.6 Å². The summed E-state index contributed by atoms with van der Waals surface area (Å²) in [5.74, 6) is -0.0169. The van der Waals surface area contributed by atoms with Gasteiger partial charge in [0.05, 0.1) is 0 Å². The highest BCUT2D eigenvalue weighted by molar-refractivity contribution is 5.99. The average molecular weight is 162 g/mol. The lowest BCUT2D eigenvalue weighted by atomic mass is 10.1. The van der Waals surface area contributed by atoms with E-state index in [0.717, 1.165) is 16.7 Å². The lowest BCUT2D eigenvalue weighted by molar-refractivity contribution is 0.0966. The third-order valence-electron chi connectivity index (χ3n) is 2.18. The highest BCUT2D eigenvalue weighted by atomic mass is 16.1. The molecule has 0 saturated carbocycles. The van der Waals surface area contributed by atoms with Crippen LogP contribution in [0.4, 0.5) is 5.69 Å². The minimum atomic E-state index is -0.0169. The Balaban J connectivity index is 2.63. The van der Waals surface area contributed by atoms with Gasteiger partial charge in [0, 0.05) is 17.8 Å². The van der Waals surface area contributed by atoms with Crippen molar-refractivity contribution in [3.8, 4) is 0 Å². The average Bonchev–Trinajstić information content (AvgIpc) is 2.35. The fourth-order valence-corrected chi connectivity index (χ4v) is 1.41. The van der Waals surface area contributed by atoms with Gasteiger partial charge in [0.2, 0.25) is 0 Å². The van der Waals surface area contributed by atoms with Gasteiger partial charge in [0.15, 0.2) is 0 Å². The maximum Gasteiger partial charge on any atom is 0.251 e. The van der Waals surface area contributed by atoms with Gasteiger partial charge in [-0.25, -0.2) is 0 Å². The highest BCUT2D eigenvalue weighted by Crippen LogP contribution is 2.21. The monoisotopic (exact) mass is 162 g/mol. The Kier molecular flexibility index (Phi) is 1.33. The molecule has 1 heterocycles. The number of rotatable bonds is 0. The maximum absolute atomic E-state index is 11.2. The number of anilines is 1. The van der Waals surface area contributed by atoms with Crippen LogP contribution in [-0.2, 0) is 6.54 Å². The minimum Gasteiger partial charge on any atom is -0.398 e.